The van der Waals surface area contributed by atoms with Crippen LogP contribution < -0.4 is 0 Å². The standard InChI is InChI=1S/C33H36/c1-8-12-23(5)25(10-3)28-15-11-14-26(27(28)13-9-2)24-17-19-30-29-18-16-22(4)20-31(29)33(6,7)32(30)21-24/h8,10-12,14-21H,1,9,13H2,2-7H3/b23-12-,25-10+. The van der Waals surface area contributed by atoms with Crippen LogP contribution in [0.15, 0.2) is 85.0 Å². The predicted octanol–water partition coefficient (Wildman–Crippen LogP) is 9.46. The average Bonchev–Trinajstić information content (AvgIpc) is 3.01. The molecule has 0 N–H and O–H groups in total. The van der Waals surface area contributed by atoms with Crippen molar-refractivity contribution in [2.24, 2.45) is 0 Å². The maximum Gasteiger partial charge on any atom is 0.0159 e. The van der Waals surface area contributed by atoms with Crippen LogP contribution >= 0.6 is 0 Å². The minimum atomic E-state index is 0.00694. The topological polar surface area (TPSA) is 0 Å². The van der Waals surface area contributed by atoms with E-state index in [0.29, 0.717) is 0 Å². The Morgan fingerprint density at radius 1 is 0.939 bits per heavy atom. The SMILES string of the molecule is C=C/C=C(C)\C(=C/C)c1cccc(-c2ccc3c(c2)C(C)(C)c2cc(C)ccc2-3)c1CCC. The van der Waals surface area contributed by atoms with E-state index >= 15 is 0 Å². The fourth-order valence-electron chi connectivity index (χ4n) is 5.51. The minimum Gasteiger partial charge on any atom is -0.0991 e. The Morgan fingerprint density at radius 3 is 2.30 bits per heavy atom. The molecule has 0 atom stereocenters. The number of fused-ring (bicyclic) bond motifs is 3. The smallest absolute Gasteiger partial charge is 0.0159 e. The van der Waals surface area contributed by atoms with Crippen LogP contribution in [0.2, 0.25) is 0 Å². The second-order valence-corrected chi connectivity index (χ2v) is 9.80. The zero-order valence-electron chi connectivity index (χ0n) is 21.0. The van der Waals surface area contributed by atoms with Gasteiger partial charge in [0.1, 0.15) is 0 Å². The molecule has 0 nitrogen and oxygen atoms in total. The lowest BCUT2D eigenvalue weighted by atomic mass is 9.80. The Balaban J connectivity index is 1.90. The third kappa shape index (κ3) is 3.93. The second-order valence-electron chi connectivity index (χ2n) is 9.80. The second kappa shape index (κ2) is 9.02. The Morgan fingerprint density at radius 2 is 1.64 bits per heavy atom. The molecule has 0 saturated heterocycles. The van der Waals surface area contributed by atoms with Crippen LogP contribution in [0.3, 0.4) is 0 Å². The molecule has 0 fully saturated rings. The lowest BCUT2D eigenvalue weighted by Gasteiger charge is -2.23. The van der Waals surface area contributed by atoms with E-state index in [1.807, 2.05) is 6.08 Å². The summed E-state index contributed by atoms with van der Waals surface area (Å²) in [4.78, 5) is 0. The van der Waals surface area contributed by atoms with Gasteiger partial charge < -0.3 is 0 Å². The molecule has 0 heteroatoms. The van der Waals surface area contributed by atoms with Gasteiger partial charge in [-0.05, 0) is 88.9 Å². The molecular formula is C33H36. The van der Waals surface area contributed by atoms with Gasteiger partial charge in [-0.1, -0.05) is 106 Å². The number of aryl methyl sites for hydroxylation is 1. The van der Waals surface area contributed by atoms with E-state index in [4.69, 9.17) is 0 Å². The molecule has 0 bridgehead atoms. The van der Waals surface area contributed by atoms with Crippen molar-refractivity contribution in [2.75, 3.05) is 0 Å². The zero-order chi connectivity index (χ0) is 23.8. The van der Waals surface area contributed by atoms with E-state index in [9.17, 15) is 0 Å². The zero-order valence-corrected chi connectivity index (χ0v) is 21.0. The average molecular weight is 433 g/mol. The fourth-order valence-corrected chi connectivity index (χ4v) is 5.51. The molecule has 0 spiro atoms. The summed E-state index contributed by atoms with van der Waals surface area (Å²) in [6, 6.07) is 20.8. The van der Waals surface area contributed by atoms with E-state index in [2.05, 4.69) is 115 Å². The van der Waals surface area contributed by atoms with E-state index in [0.717, 1.165) is 12.8 Å². The molecule has 0 saturated carbocycles. The van der Waals surface area contributed by atoms with Crippen molar-refractivity contribution in [3.63, 3.8) is 0 Å². The van der Waals surface area contributed by atoms with Crippen LogP contribution in [-0.4, -0.2) is 0 Å². The third-order valence-corrected chi connectivity index (χ3v) is 7.19. The van der Waals surface area contributed by atoms with Crippen LogP contribution in [-0.2, 0) is 11.8 Å². The Labute approximate surface area is 200 Å². The Hall–Kier alpha value is -3.12. The van der Waals surface area contributed by atoms with Crippen LogP contribution in [0.4, 0.5) is 0 Å². The minimum absolute atomic E-state index is 0.00694. The van der Waals surface area contributed by atoms with Crippen LogP contribution in [0.5, 0.6) is 0 Å². The van der Waals surface area contributed by atoms with E-state index < -0.39 is 0 Å². The van der Waals surface area contributed by atoms with Gasteiger partial charge >= 0.3 is 0 Å². The van der Waals surface area contributed by atoms with Crippen molar-refractivity contribution in [1.29, 1.82) is 0 Å². The highest BCUT2D eigenvalue weighted by Gasteiger charge is 2.35. The molecule has 0 unspecified atom stereocenters. The lowest BCUT2D eigenvalue weighted by molar-refractivity contribution is 0.660. The maximum atomic E-state index is 3.90. The molecule has 0 aliphatic heterocycles. The molecule has 1 aliphatic carbocycles. The first-order valence-electron chi connectivity index (χ1n) is 12.2. The first-order chi connectivity index (χ1) is 15.8. The molecule has 0 amide bonds. The summed E-state index contributed by atoms with van der Waals surface area (Å²) >= 11 is 0. The highest BCUT2D eigenvalue weighted by Crippen LogP contribution is 2.50. The van der Waals surface area contributed by atoms with Crippen molar-refractivity contribution in [3.05, 3.63) is 113 Å². The first-order valence-corrected chi connectivity index (χ1v) is 12.2. The summed E-state index contributed by atoms with van der Waals surface area (Å²) < 4.78 is 0. The monoisotopic (exact) mass is 432 g/mol. The van der Waals surface area contributed by atoms with Crippen LogP contribution in [0.1, 0.15) is 68.9 Å². The Bertz CT molecular complexity index is 1280. The van der Waals surface area contributed by atoms with Gasteiger partial charge in [0.05, 0.1) is 0 Å². The van der Waals surface area contributed by atoms with E-state index in [1.165, 1.54) is 61.2 Å². The van der Waals surface area contributed by atoms with Gasteiger partial charge in [-0.25, -0.2) is 0 Å². The van der Waals surface area contributed by atoms with Crippen LogP contribution in [0, 0.1) is 6.92 Å². The summed E-state index contributed by atoms with van der Waals surface area (Å²) in [7, 11) is 0. The molecule has 33 heavy (non-hydrogen) atoms. The maximum absolute atomic E-state index is 3.90. The summed E-state index contributed by atoms with van der Waals surface area (Å²) in [5.41, 5.74) is 15.0. The van der Waals surface area contributed by atoms with Crippen molar-refractivity contribution >= 4 is 5.57 Å². The van der Waals surface area contributed by atoms with Gasteiger partial charge in [0, 0.05) is 5.41 Å². The molecule has 0 aromatic heterocycles. The number of rotatable bonds is 6. The molecule has 3 aromatic carbocycles. The fraction of sp³-hybridized carbons (Fsp3) is 0.273. The molecule has 3 aromatic rings. The van der Waals surface area contributed by atoms with E-state index in [-0.39, 0.29) is 5.41 Å². The molecule has 0 radical (unpaired) electrons. The molecule has 0 heterocycles. The summed E-state index contributed by atoms with van der Waals surface area (Å²) in [6.07, 6.45) is 8.40. The number of hydrogen-bond acceptors (Lipinski definition) is 0. The molecular weight excluding hydrogens is 396 g/mol. The van der Waals surface area contributed by atoms with Crippen molar-refractivity contribution in [3.8, 4) is 22.3 Å². The van der Waals surface area contributed by atoms with Gasteiger partial charge in [-0.15, -0.1) is 0 Å². The first kappa shape index (κ1) is 23.1. The summed E-state index contributed by atoms with van der Waals surface area (Å²) in [5.74, 6) is 0. The number of hydrogen-bond donors (Lipinski definition) is 0. The summed E-state index contributed by atoms with van der Waals surface area (Å²) in [5, 5.41) is 0. The van der Waals surface area contributed by atoms with Crippen LogP contribution in [0.25, 0.3) is 27.8 Å². The number of benzene rings is 3. The third-order valence-electron chi connectivity index (χ3n) is 7.19. The molecule has 168 valence electrons. The lowest BCUT2D eigenvalue weighted by Crippen LogP contribution is -2.15. The van der Waals surface area contributed by atoms with Crippen molar-refractivity contribution in [2.45, 2.75) is 59.8 Å². The van der Waals surface area contributed by atoms with Gasteiger partial charge in [0.2, 0.25) is 0 Å². The molecule has 1 aliphatic rings. The summed E-state index contributed by atoms with van der Waals surface area (Å²) in [6.45, 7) is 17.4. The number of allylic oxidation sites excluding steroid dienone is 5. The largest absolute Gasteiger partial charge is 0.0991 e. The Kier molecular flexibility index (Phi) is 6.30. The van der Waals surface area contributed by atoms with Gasteiger partial charge in [0.15, 0.2) is 0 Å². The molecule has 4 rings (SSSR count). The quantitative estimate of drug-likeness (QED) is 0.340. The van der Waals surface area contributed by atoms with Crippen molar-refractivity contribution in [1.82, 2.24) is 0 Å². The van der Waals surface area contributed by atoms with Gasteiger partial charge in [0.25, 0.3) is 0 Å². The van der Waals surface area contributed by atoms with Gasteiger partial charge in [-0.2, -0.15) is 0 Å². The highest BCUT2D eigenvalue weighted by atomic mass is 14.4. The normalized spacial score (nSPS) is 14.7. The van der Waals surface area contributed by atoms with Gasteiger partial charge in [-0.3, -0.25) is 0 Å². The van der Waals surface area contributed by atoms with Crippen molar-refractivity contribution < 1.29 is 0 Å². The highest BCUT2D eigenvalue weighted by molar-refractivity contribution is 5.87. The van der Waals surface area contributed by atoms with E-state index in [1.54, 1.807) is 0 Å². The predicted molar refractivity (Wildman–Crippen MR) is 146 cm³/mol.